The van der Waals surface area contributed by atoms with Crippen LogP contribution in [0, 0.1) is 0 Å². The number of carbonyl (C=O) groups excluding carboxylic acids is 1. The molecule has 0 fully saturated rings. The summed E-state index contributed by atoms with van der Waals surface area (Å²) < 4.78 is 0. The Bertz CT molecular complexity index is 530. The fraction of sp³-hybridized carbons (Fsp3) is 0. The minimum atomic E-state index is -0.226. The van der Waals surface area contributed by atoms with Gasteiger partial charge in [0.2, 0.25) is 5.91 Å². The van der Waals surface area contributed by atoms with Gasteiger partial charge in [-0.25, -0.2) is 0 Å². The molecule has 5 heteroatoms. The summed E-state index contributed by atoms with van der Waals surface area (Å²) in [5.74, 6) is -0.226. The third-order valence-corrected chi connectivity index (χ3v) is 2.48. The van der Waals surface area contributed by atoms with Gasteiger partial charge in [-0.05, 0) is 18.2 Å². The first-order valence-corrected chi connectivity index (χ1v) is 5.11. The molecule has 3 radical (unpaired) electrons. The second kappa shape index (κ2) is 4.00. The summed E-state index contributed by atoms with van der Waals surface area (Å²) in [4.78, 5) is 17.8. The van der Waals surface area contributed by atoms with Gasteiger partial charge in [0, 0.05) is 16.6 Å². The predicted octanol–water partition coefficient (Wildman–Crippen LogP) is 1.70. The lowest BCUT2D eigenvalue weighted by molar-refractivity contribution is 0.0981. The van der Waals surface area contributed by atoms with Crippen molar-refractivity contribution < 1.29 is 4.79 Å². The number of halogens is 1. The molecule has 2 aromatic rings. The van der Waals surface area contributed by atoms with Crippen molar-refractivity contribution in [1.29, 1.82) is 0 Å². The zero-order chi connectivity index (χ0) is 10.8. The van der Waals surface area contributed by atoms with E-state index in [9.17, 15) is 4.79 Å². The maximum Gasteiger partial charge on any atom is 0.244 e. The number of pyridine rings is 1. The molecular weight excluding hydrogens is 228 g/mol. The van der Waals surface area contributed by atoms with Crippen molar-refractivity contribution in [3.63, 3.8) is 0 Å². The van der Waals surface area contributed by atoms with Crippen LogP contribution in [0.2, 0.25) is 5.02 Å². The Labute approximate surface area is 95.0 Å². The van der Waals surface area contributed by atoms with Crippen LogP contribution in [0.25, 0.3) is 10.9 Å². The molecule has 73 valence electrons. The van der Waals surface area contributed by atoms with E-state index in [0.29, 0.717) is 10.6 Å². The summed E-state index contributed by atoms with van der Waals surface area (Å²) >= 11 is 5.82. The smallest absolute Gasteiger partial charge is 0.244 e. The summed E-state index contributed by atoms with van der Waals surface area (Å²) in [6, 6.07) is 7.11. The van der Waals surface area contributed by atoms with E-state index < -0.39 is 0 Å². The Morgan fingerprint density at radius 2 is 2.20 bits per heavy atom. The lowest BCUT2D eigenvalue weighted by atomic mass is 10.1. The average Bonchev–Trinajstić information content (AvgIpc) is 2.27. The second-order valence-corrected chi connectivity index (χ2v) is 3.70. The van der Waals surface area contributed by atoms with E-state index in [0.717, 1.165) is 10.9 Å². The van der Waals surface area contributed by atoms with Gasteiger partial charge in [0.05, 0.1) is 11.1 Å². The fourth-order valence-corrected chi connectivity index (χ4v) is 1.60. The maximum absolute atomic E-state index is 11.3. The Morgan fingerprint density at radius 3 is 2.93 bits per heavy atom. The predicted molar refractivity (Wildman–Crippen MR) is 60.0 cm³/mol. The highest BCUT2D eigenvalue weighted by Gasteiger charge is 2.04. The van der Waals surface area contributed by atoms with Crippen molar-refractivity contribution in [2.45, 2.75) is 0 Å². The molecule has 15 heavy (non-hydrogen) atoms. The number of rotatable bonds is 1. The largest absolute Gasteiger partial charge is 0.379 e. The number of nitrogens with zero attached hydrogens (tertiary/aromatic N) is 1. The third-order valence-electron chi connectivity index (χ3n) is 2.02. The molecule has 2 rings (SSSR count). The minimum absolute atomic E-state index is 0.226. The molecule has 0 aliphatic rings. The normalized spacial score (nSPS) is 10.3. The van der Waals surface area contributed by atoms with Crippen LogP contribution < -0.4 is 4.98 Å². The van der Waals surface area contributed by atoms with E-state index in [2.05, 4.69) is 20.4 Å². The van der Waals surface area contributed by atoms with E-state index in [1.54, 1.807) is 18.2 Å². The molecule has 3 nitrogen and oxygen atoms in total. The topological polar surface area (TPSA) is 42.0 Å². The highest BCUT2D eigenvalue weighted by atomic mass is 35.5. The molecule has 0 bridgehead atoms. The van der Waals surface area contributed by atoms with Crippen LogP contribution in [0.15, 0.2) is 30.5 Å². The van der Waals surface area contributed by atoms with Gasteiger partial charge in [0.25, 0.3) is 0 Å². The highest BCUT2D eigenvalue weighted by molar-refractivity contribution is 6.31. The van der Waals surface area contributed by atoms with E-state index in [-0.39, 0.29) is 5.91 Å². The molecular formula is C10H6ClN2OSi. The fourth-order valence-electron chi connectivity index (χ4n) is 1.29. The lowest BCUT2D eigenvalue weighted by Gasteiger charge is -2.01. The van der Waals surface area contributed by atoms with Crippen molar-refractivity contribution in [3.8, 4) is 0 Å². The SMILES string of the molecule is O=C(N[Si])c1cnc2cc(Cl)ccc2c1. The standard InChI is InChI=1S/C10H6ClN2OSi/c11-8-2-1-6-3-7(10(14)13-15)5-12-9(6)4-8/h1-5H,(H,13,14). The third kappa shape index (κ3) is 2.00. The minimum Gasteiger partial charge on any atom is -0.379 e. The van der Waals surface area contributed by atoms with Gasteiger partial charge in [0.1, 0.15) is 0 Å². The van der Waals surface area contributed by atoms with Crippen LogP contribution in [0.1, 0.15) is 10.4 Å². The van der Waals surface area contributed by atoms with Crippen molar-refractivity contribution in [2.24, 2.45) is 0 Å². The number of amides is 1. The average molecular weight is 234 g/mol. The van der Waals surface area contributed by atoms with Crippen molar-refractivity contribution >= 4 is 38.8 Å². The lowest BCUT2D eigenvalue weighted by Crippen LogP contribution is -2.19. The van der Waals surface area contributed by atoms with Gasteiger partial charge >= 0.3 is 0 Å². The number of fused-ring (bicyclic) bond motifs is 1. The van der Waals surface area contributed by atoms with Crippen LogP contribution in [-0.2, 0) is 0 Å². The van der Waals surface area contributed by atoms with Crippen molar-refractivity contribution in [1.82, 2.24) is 9.97 Å². The maximum atomic E-state index is 11.3. The van der Waals surface area contributed by atoms with Crippen LogP contribution in [0.5, 0.6) is 0 Å². The molecule has 0 saturated heterocycles. The van der Waals surface area contributed by atoms with Gasteiger partial charge < -0.3 is 4.98 Å². The number of nitrogens with one attached hydrogen (secondary N) is 1. The van der Waals surface area contributed by atoms with Crippen LogP contribution >= 0.6 is 11.6 Å². The molecule has 1 aromatic carbocycles. The van der Waals surface area contributed by atoms with Crippen LogP contribution in [0.4, 0.5) is 0 Å². The number of benzene rings is 1. The van der Waals surface area contributed by atoms with Gasteiger partial charge in [-0.2, -0.15) is 0 Å². The molecule has 1 heterocycles. The van der Waals surface area contributed by atoms with Gasteiger partial charge in [-0.1, -0.05) is 17.7 Å². The Kier molecular flexibility index (Phi) is 2.70. The van der Waals surface area contributed by atoms with Crippen molar-refractivity contribution in [2.75, 3.05) is 0 Å². The van der Waals surface area contributed by atoms with E-state index in [1.165, 1.54) is 6.20 Å². The molecule has 0 saturated carbocycles. The number of aromatic nitrogens is 1. The zero-order valence-corrected chi connectivity index (χ0v) is 9.38. The van der Waals surface area contributed by atoms with Crippen LogP contribution in [-0.4, -0.2) is 21.3 Å². The van der Waals surface area contributed by atoms with Crippen molar-refractivity contribution in [3.05, 3.63) is 41.0 Å². The summed E-state index contributed by atoms with van der Waals surface area (Å²) in [5.41, 5.74) is 1.27. The van der Waals surface area contributed by atoms with E-state index in [1.807, 2.05) is 6.07 Å². The number of hydrogen-bond donors (Lipinski definition) is 1. The van der Waals surface area contributed by atoms with Crippen LogP contribution in [0.3, 0.4) is 0 Å². The Hall–Kier alpha value is -1.39. The van der Waals surface area contributed by atoms with Gasteiger partial charge in [-0.3, -0.25) is 9.78 Å². The first kappa shape index (κ1) is 10.1. The van der Waals surface area contributed by atoms with E-state index in [4.69, 9.17) is 11.6 Å². The molecule has 0 unspecified atom stereocenters. The summed E-state index contributed by atoms with van der Waals surface area (Å²) in [7, 11) is 2.93. The summed E-state index contributed by atoms with van der Waals surface area (Å²) in [6.45, 7) is 0. The molecule has 1 aromatic heterocycles. The molecule has 0 aliphatic heterocycles. The molecule has 1 amide bonds. The summed E-state index contributed by atoms with van der Waals surface area (Å²) in [6.07, 6.45) is 1.51. The molecule has 0 aliphatic carbocycles. The summed E-state index contributed by atoms with van der Waals surface area (Å²) in [5, 5.41) is 1.51. The Balaban J connectivity index is 2.57. The molecule has 0 atom stereocenters. The van der Waals surface area contributed by atoms with E-state index >= 15 is 0 Å². The quantitative estimate of drug-likeness (QED) is 0.762. The molecule has 1 N–H and O–H groups in total. The molecule has 0 spiro atoms. The van der Waals surface area contributed by atoms with Gasteiger partial charge in [-0.15, -0.1) is 0 Å². The first-order chi connectivity index (χ1) is 7.20. The number of hydrogen-bond acceptors (Lipinski definition) is 2. The monoisotopic (exact) mass is 233 g/mol. The highest BCUT2D eigenvalue weighted by Crippen LogP contribution is 2.18. The number of carbonyl (C=O) groups is 1. The Morgan fingerprint density at radius 1 is 1.40 bits per heavy atom. The second-order valence-electron chi connectivity index (χ2n) is 3.02. The first-order valence-electron chi connectivity index (χ1n) is 4.23. The zero-order valence-electron chi connectivity index (χ0n) is 7.62. The van der Waals surface area contributed by atoms with Gasteiger partial charge in [0.15, 0.2) is 10.4 Å².